The van der Waals surface area contributed by atoms with Crippen LogP contribution < -0.4 is 0 Å². The molecule has 0 spiro atoms. The fourth-order valence-corrected chi connectivity index (χ4v) is 2.84. The van der Waals surface area contributed by atoms with Crippen LogP contribution in [0.15, 0.2) is 16.6 Å². The van der Waals surface area contributed by atoms with Gasteiger partial charge in [0.15, 0.2) is 0 Å². The summed E-state index contributed by atoms with van der Waals surface area (Å²) in [4.78, 5) is 13.4. The van der Waals surface area contributed by atoms with Gasteiger partial charge in [0.2, 0.25) is 0 Å². The summed E-state index contributed by atoms with van der Waals surface area (Å²) < 4.78 is 27.8. The van der Waals surface area contributed by atoms with E-state index >= 15 is 0 Å². The number of hydrogen-bond donors (Lipinski definition) is 0. The fourth-order valence-electron chi connectivity index (χ4n) is 2.47. The smallest absolute Gasteiger partial charge is 0.144 e. The number of hydrogen-bond acceptors (Lipinski definition) is 2. The first-order valence-electron chi connectivity index (χ1n) is 6.34. The largest absolute Gasteiger partial charge is 0.300 e. The molecule has 5 heteroatoms. The van der Waals surface area contributed by atoms with E-state index in [1.807, 2.05) is 4.90 Å². The van der Waals surface area contributed by atoms with Gasteiger partial charge in [-0.05, 0) is 54.4 Å². The van der Waals surface area contributed by atoms with Crippen molar-refractivity contribution in [2.75, 3.05) is 13.1 Å². The minimum Gasteiger partial charge on any atom is -0.300 e. The molecular formula is C14H16BrF2NO. The van der Waals surface area contributed by atoms with Crippen molar-refractivity contribution in [1.82, 2.24) is 4.90 Å². The maximum absolute atomic E-state index is 13.9. The lowest BCUT2D eigenvalue weighted by Gasteiger charge is -2.31. The second-order valence-corrected chi connectivity index (χ2v) is 5.86. The second kappa shape index (κ2) is 6.09. The third kappa shape index (κ3) is 3.39. The third-order valence-corrected chi connectivity index (χ3v) is 4.21. The molecule has 1 atom stereocenters. The predicted molar refractivity (Wildman–Crippen MR) is 72.7 cm³/mol. The molecule has 1 fully saturated rings. The van der Waals surface area contributed by atoms with E-state index in [1.54, 1.807) is 6.92 Å². The molecule has 1 unspecified atom stereocenters. The van der Waals surface area contributed by atoms with E-state index in [1.165, 1.54) is 12.1 Å². The first-order valence-corrected chi connectivity index (χ1v) is 7.13. The molecule has 0 N–H and O–H groups in total. The molecule has 0 radical (unpaired) electrons. The Hall–Kier alpha value is -0.810. The Kier molecular flexibility index (Phi) is 4.68. The van der Waals surface area contributed by atoms with Crippen molar-refractivity contribution in [3.63, 3.8) is 0 Å². The molecule has 0 aliphatic carbocycles. The van der Waals surface area contributed by atoms with E-state index in [-0.39, 0.29) is 28.3 Å². The van der Waals surface area contributed by atoms with E-state index in [0.717, 1.165) is 19.4 Å². The summed E-state index contributed by atoms with van der Waals surface area (Å²) >= 11 is 3.07. The van der Waals surface area contributed by atoms with Crippen molar-refractivity contribution in [3.8, 4) is 0 Å². The van der Waals surface area contributed by atoms with Crippen LogP contribution in [0.4, 0.5) is 8.78 Å². The summed E-state index contributed by atoms with van der Waals surface area (Å²) in [5, 5.41) is 0. The van der Waals surface area contributed by atoms with Gasteiger partial charge in [-0.15, -0.1) is 0 Å². The van der Waals surface area contributed by atoms with Crippen molar-refractivity contribution < 1.29 is 13.6 Å². The Balaban J connectivity index is 2.13. The molecule has 2 rings (SSSR count). The molecule has 2 nitrogen and oxygen atoms in total. The van der Waals surface area contributed by atoms with Crippen LogP contribution in [0.2, 0.25) is 0 Å². The maximum atomic E-state index is 13.9. The number of likely N-dealkylation sites (tertiary alicyclic amines) is 1. The molecular weight excluding hydrogens is 316 g/mol. The van der Waals surface area contributed by atoms with Crippen LogP contribution in [0.1, 0.15) is 25.3 Å². The number of piperidine rings is 1. The predicted octanol–water partition coefficient (Wildman–Crippen LogP) is 3.53. The van der Waals surface area contributed by atoms with Gasteiger partial charge in [0, 0.05) is 24.6 Å². The first-order chi connectivity index (χ1) is 8.99. The standard InChI is InChI=1S/C14H16BrF2NO/c1-9(19)10-3-2-6-18(7-10)8-11-13(16)5-4-12(15)14(11)17/h4-5,10H,2-3,6-8H2,1H3. The highest BCUT2D eigenvalue weighted by atomic mass is 79.9. The number of carbonyl (C=O) groups excluding carboxylic acids is 1. The van der Waals surface area contributed by atoms with Crippen molar-refractivity contribution in [1.29, 1.82) is 0 Å². The molecule has 0 aromatic heterocycles. The van der Waals surface area contributed by atoms with Crippen molar-refractivity contribution >= 4 is 21.7 Å². The summed E-state index contributed by atoms with van der Waals surface area (Å²) in [5.74, 6) is -0.942. The number of halogens is 3. The molecule has 0 bridgehead atoms. The Morgan fingerprint density at radius 1 is 1.47 bits per heavy atom. The van der Waals surface area contributed by atoms with Gasteiger partial charge in [-0.1, -0.05) is 0 Å². The second-order valence-electron chi connectivity index (χ2n) is 5.01. The summed E-state index contributed by atoms with van der Waals surface area (Å²) in [6, 6.07) is 2.62. The molecule has 104 valence electrons. The average molecular weight is 332 g/mol. The summed E-state index contributed by atoms with van der Waals surface area (Å²) in [5.41, 5.74) is 0.0681. The summed E-state index contributed by atoms with van der Waals surface area (Å²) in [6.07, 6.45) is 1.76. The van der Waals surface area contributed by atoms with Gasteiger partial charge in [-0.3, -0.25) is 9.69 Å². The van der Waals surface area contributed by atoms with Crippen molar-refractivity contribution in [3.05, 3.63) is 33.8 Å². The molecule has 19 heavy (non-hydrogen) atoms. The Bertz CT molecular complexity index is 493. The highest BCUT2D eigenvalue weighted by Gasteiger charge is 2.25. The number of rotatable bonds is 3. The highest BCUT2D eigenvalue weighted by molar-refractivity contribution is 9.10. The zero-order valence-corrected chi connectivity index (χ0v) is 12.3. The van der Waals surface area contributed by atoms with E-state index in [9.17, 15) is 13.6 Å². The zero-order valence-electron chi connectivity index (χ0n) is 10.8. The normalized spacial score (nSPS) is 20.5. The zero-order chi connectivity index (χ0) is 14.0. The summed E-state index contributed by atoms with van der Waals surface area (Å²) in [7, 11) is 0. The van der Waals surface area contributed by atoms with Gasteiger partial charge in [0.05, 0.1) is 4.47 Å². The van der Waals surface area contributed by atoms with Gasteiger partial charge in [0.25, 0.3) is 0 Å². The first kappa shape index (κ1) is 14.6. The van der Waals surface area contributed by atoms with Gasteiger partial charge >= 0.3 is 0 Å². The Labute approximate surface area is 119 Å². The Morgan fingerprint density at radius 2 is 2.21 bits per heavy atom. The molecule has 1 aromatic carbocycles. The van der Waals surface area contributed by atoms with E-state index in [0.29, 0.717) is 6.54 Å². The lowest BCUT2D eigenvalue weighted by Crippen LogP contribution is -2.37. The van der Waals surface area contributed by atoms with Gasteiger partial charge in [-0.25, -0.2) is 8.78 Å². The van der Waals surface area contributed by atoms with E-state index < -0.39 is 11.6 Å². The van der Waals surface area contributed by atoms with Crippen LogP contribution in [0, 0.1) is 17.6 Å². The fraction of sp³-hybridized carbons (Fsp3) is 0.500. The molecule has 1 saturated heterocycles. The quantitative estimate of drug-likeness (QED) is 0.790. The van der Waals surface area contributed by atoms with Crippen LogP contribution >= 0.6 is 15.9 Å². The van der Waals surface area contributed by atoms with Crippen LogP contribution in [-0.2, 0) is 11.3 Å². The average Bonchev–Trinajstić information content (AvgIpc) is 2.39. The van der Waals surface area contributed by atoms with Gasteiger partial charge in [0.1, 0.15) is 17.4 Å². The number of nitrogens with zero attached hydrogens (tertiary/aromatic N) is 1. The molecule has 0 amide bonds. The lowest BCUT2D eigenvalue weighted by atomic mass is 9.94. The molecule has 0 saturated carbocycles. The SMILES string of the molecule is CC(=O)C1CCCN(Cc2c(F)ccc(Br)c2F)C1. The maximum Gasteiger partial charge on any atom is 0.144 e. The molecule has 1 aliphatic rings. The minimum atomic E-state index is -0.551. The van der Waals surface area contributed by atoms with Gasteiger partial charge in [-0.2, -0.15) is 0 Å². The van der Waals surface area contributed by atoms with Crippen LogP contribution in [0.3, 0.4) is 0 Å². The molecule has 1 aliphatic heterocycles. The van der Waals surface area contributed by atoms with E-state index in [2.05, 4.69) is 15.9 Å². The van der Waals surface area contributed by atoms with Crippen molar-refractivity contribution in [2.24, 2.45) is 5.92 Å². The number of benzene rings is 1. The van der Waals surface area contributed by atoms with Crippen molar-refractivity contribution in [2.45, 2.75) is 26.3 Å². The number of ketones is 1. The number of Topliss-reactive ketones (excluding diaryl/α,β-unsaturated/α-hetero) is 1. The highest BCUT2D eigenvalue weighted by Crippen LogP contribution is 2.25. The molecule has 1 heterocycles. The number of carbonyl (C=O) groups is 1. The monoisotopic (exact) mass is 331 g/mol. The lowest BCUT2D eigenvalue weighted by molar-refractivity contribution is -0.122. The van der Waals surface area contributed by atoms with Crippen LogP contribution in [0.25, 0.3) is 0 Å². The van der Waals surface area contributed by atoms with E-state index in [4.69, 9.17) is 0 Å². The van der Waals surface area contributed by atoms with Gasteiger partial charge < -0.3 is 0 Å². The van der Waals surface area contributed by atoms with Crippen LogP contribution in [0.5, 0.6) is 0 Å². The van der Waals surface area contributed by atoms with Crippen LogP contribution in [-0.4, -0.2) is 23.8 Å². The summed E-state index contributed by atoms with van der Waals surface area (Å²) in [6.45, 7) is 3.14. The molecule has 1 aromatic rings. The topological polar surface area (TPSA) is 20.3 Å². The minimum absolute atomic E-state index is 0.00738. The third-order valence-electron chi connectivity index (χ3n) is 3.60. The Morgan fingerprint density at radius 3 is 2.89 bits per heavy atom.